The molecule has 1 aliphatic rings. The molecule has 2 atom stereocenters. The molecule has 1 heterocycles. The normalized spacial score (nSPS) is 21.8. The van der Waals surface area contributed by atoms with Gasteiger partial charge in [-0.2, -0.15) is 0 Å². The van der Waals surface area contributed by atoms with E-state index in [4.69, 9.17) is 9.47 Å². The van der Waals surface area contributed by atoms with Gasteiger partial charge in [0.25, 0.3) is 0 Å². The number of hydrogen-bond donors (Lipinski definition) is 2. The number of amides is 1. The zero-order valence-electron chi connectivity index (χ0n) is 11.6. The number of hydrogen-bond acceptors (Lipinski definition) is 4. The molecular formula is C14H19BrN2O3. The van der Waals surface area contributed by atoms with E-state index in [1.165, 1.54) is 0 Å². The number of methoxy groups -OCH3 is 1. The Morgan fingerprint density at radius 2 is 2.25 bits per heavy atom. The van der Waals surface area contributed by atoms with E-state index in [2.05, 4.69) is 26.6 Å². The topological polar surface area (TPSA) is 59.6 Å². The van der Waals surface area contributed by atoms with E-state index in [1.807, 2.05) is 19.1 Å². The third-order valence-electron chi connectivity index (χ3n) is 3.26. The number of anilines is 1. The Kier molecular flexibility index (Phi) is 5.39. The van der Waals surface area contributed by atoms with E-state index >= 15 is 0 Å². The van der Waals surface area contributed by atoms with Gasteiger partial charge in [0.1, 0.15) is 5.75 Å². The summed E-state index contributed by atoms with van der Waals surface area (Å²) in [7, 11) is 1.60. The maximum Gasteiger partial charge on any atom is 0.231 e. The molecule has 5 nitrogen and oxygen atoms in total. The Morgan fingerprint density at radius 1 is 1.45 bits per heavy atom. The molecular weight excluding hydrogens is 324 g/mol. The van der Waals surface area contributed by atoms with Crippen molar-refractivity contribution in [2.24, 2.45) is 5.92 Å². The summed E-state index contributed by atoms with van der Waals surface area (Å²) in [6.45, 7) is 3.87. The second kappa shape index (κ2) is 7.06. The SMILES string of the molecule is CCNC1COCC1C(=O)Nc1cc(Br)cc(OC)c1. The van der Waals surface area contributed by atoms with E-state index in [1.54, 1.807) is 13.2 Å². The van der Waals surface area contributed by atoms with Crippen LogP contribution in [0, 0.1) is 5.92 Å². The van der Waals surface area contributed by atoms with E-state index in [-0.39, 0.29) is 17.9 Å². The van der Waals surface area contributed by atoms with Gasteiger partial charge in [-0.1, -0.05) is 22.9 Å². The molecule has 0 aliphatic carbocycles. The zero-order chi connectivity index (χ0) is 14.5. The van der Waals surface area contributed by atoms with Crippen LogP contribution in [0.4, 0.5) is 5.69 Å². The van der Waals surface area contributed by atoms with Crippen LogP contribution in [0.25, 0.3) is 0 Å². The molecule has 1 fully saturated rings. The van der Waals surface area contributed by atoms with Gasteiger partial charge < -0.3 is 20.1 Å². The molecule has 1 amide bonds. The Hall–Kier alpha value is -1.11. The summed E-state index contributed by atoms with van der Waals surface area (Å²) in [5, 5.41) is 6.19. The summed E-state index contributed by atoms with van der Waals surface area (Å²) >= 11 is 3.40. The summed E-state index contributed by atoms with van der Waals surface area (Å²) in [4.78, 5) is 12.3. The van der Waals surface area contributed by atoms with Gasteiger partial charge in [0.15, 0.2) is 0 Å². The molecule has 1 aliphatic heterocycles. The maximum atomic E-state index is 12.3. The minimum atomic E-state index is -0.167. The number of benzene rings is 1. The van der Waals surface area contributed by atoms with Gasteiger partial charge in [0.2, 0.25) is 5.91 Å². The fourth-order valence-electron chi connectivity index (χ4n) is 2.26. The van der Waals surface area contributed by atoms with Crippen molar-refractivity contribution in [2.45, 2.75) is 13.0 Å². The van der Waals surface area contributed by atoms with Crippen LogP contribution in [0.3, 0.4) is 0 Å². The Morgan fingerprint density at radius 3 is 2.95 bits per heavy atom. The van der Waals surface area contributed by atoms with Crippen molar-refractivity contribution in [1.82, 2.24) is 5.32 Å². The lowest BCUT2D eigenvalue weighted by Gasteiger charge is -2.18. The quantitative estimate of drug-likeness (QED) is 0.859. The molecule has 2 unspecified atom stereocenters. The van der Waals surface area contributed by atoms with Crippen molar-refractivity contribution < 1.29 is 14.3 Å². The molecule has 0 radical (unpaired) electrons. The van der Waals surface area contributed by atoms with Crippen LogP contribution < -0.4 is 15.4 Å². The number of halogens is 1. The van der Waals surface area contributed by atoms with E-state index in [0.29, 0.717) is 24.7 Å². The average Bonchev–Trinajstić information content (AvgIpc) is 2.86. The first-order valence-corrected chi connectivity index (χ1v) is 7.40. The van der Waals surface area contributed by atoms with Crippen LogP contribution in [-0.4, -0.2) is 38.8 Å². The van der Waals surface area contributed by atoms with Crippen molar-refractivity contribution in [2.75, 3.05) is 32.2 Å². The predicted molar refractivity (Wildman–Crippen MR) is 81.1 cm³/mol. The number of nitrogens with one attached hydrogen (secondary N) is 2. The Labute approximate surface area is 127 Å². The van der Waals surface area contributed by atoms with Crippen molar-refractivity contribution in [1.29, 1.82) is 0 Å². The summed E-state index contributed by atoms with van der Waals surface area (Å²) in [6, 6.07) is 5.56. The molecule has 0 bridgehead atoms. The van der Waals surface area contributed by atoms with Crippen LogP contribution in [0.5, 0.6) is 5.75 Å². The first-order valence-electron chi connectivity index (χ1n) is 6.60. The highest BCUT2D eigenvalue weighted by Crippen LogP contribution is 2.25. The van der Waals surface area contributed by atoms with Crippen molar-refractivity contribution in [3.05, 3.63) is 22.7 Å². The lowest BCUT2D eigenvalue weighted by Crippen LogP contribution is -2.41. The summed E-state index contributed by atoms with van der Waals surface area (Å²) < 4.78 is 11.4. The van der Waals surface area contributed by atoms with Crippen LogP contribution in [0.15, 0.2) is 22.7 Å². The van der Waals surface area contributed by atoms with Gasteiger partial charge in [-0.3, -0.25) is 4.79 Å². The van der Waals surface area contributed by atoms with Gasteiger partial charge in [-0.15, -0.1) is 0 Å². The smallest absolute Gasteiger partial charge is 0.231 e. The van der Waals surface area contributed by atoms with Gasteiger partial charge in [-0.25, -0.2) is 0 Å². The molecule has 0 aromatic heterocycles. The minimum absolute atomic E-state index is 0.0337. The fraction of sp³-hybridized carbons (Fsp3) is 0.500. The number of likely N-dealkylation sites (N-methyl/N-ethyl adjacent to an activating group) is 1. The summed E-state index contributed by atoms with van der Waals surface area (Å²) in [6.07, 6.45) is 0. The van der Waals surface area contributed by atoms with E-state index in [9.17, 15) is 4.79 Å². The molecule has 1 aromatic carbocycles. The standard InChI is InChI=1S/C14H19BrN2O3/c1-3-16-13-8-20-7-12(13)14(18)17-10-4-9(15)5-11(6-10)19-2/h4-6,12-13,16H,3,7-8H2,1-2H3,(H,17,18). The third kappa shape index (κ3) is 3.71. The molecule has 110 valence electrons. The Balaban J connectivity index is 2.05. The van der Waals surface area contributed by atoms with E-state index in [0.717, 1.165) is 11.0 Å². The van der Waals surface area contributed by atoms with Crippen LogP contribution in [-0.2, 0) is 9.53 Å². The van der Waals surface area contributed by atoms with E-state index < -0.39 is 0 Å². The molecule has 1 saturated heterocycles. The van der Waals surface area contributed by atoms with Crippen molar-refractivity contribution in [3.8, 4) is 5.75 Å². The highest BCUT2D eigenvalue weighted by atomic mass is 79.9. The lowest BCUT2D eigenvalue weighted by molar-refractivity contribution is -0.120. The molecule has 0 saturated carbocycles. The lowest BCUT2D eigenvalue weighted by atomic mass is 10.0. The Bertz CT molecular complexity index is 481. The molecule has 2 rings (SSSR count). The molecule has 1 aromatic rings. The number of carbonyl (C=O) groups is 1. The highest BCUT2D eigenvalue weighted by molar-refractivity contribution is 9.10. The molecule has 0 spiro atoms. The van der Waals surface area contributed by atoms with Gasteiger partial charge in [0, 0.05) is 22.3 Å². The predicted octanol–water partition coefficient (Wildman–Crippen LogP) is 2.02. The monoisotopic (exact) mass is 342 g/mol. The third-order valence-corrected chi connectivity index (χ3v) is 3.72. The molecule has 6 heteroatoms. The minimum Gasteiger partial charge on any atom is -0.497 e. The highest BCUT2D eigenvalue weighted by Gasteiger charge is 2.33. The number of carbonyl (C=O) groups excluding carboxylic acids is 1. The maximum absolute atomic E-state index is 12.3. The fourth-order valence-corrected chi connectivity index (χ4v) is 2.74. The largest absolute Gasteiger partial charge is 0.497 e. The van der Waals surface area contributed by atoms with Crippen LogP contribution in [0.1, 0.15) is 6.92 Å². The zero-order valence-corrected chi connectivity index (χ0v) is 13.2. The molecule has 20 heavy (non-hydrogen) atoms. The number of ether oxygens (including phenoxy) is 2. The second-order valence-corrected chi connectivity index (χ2v) is 5.59. The second-order valence-electron chi connectivity index (χ2n) is 4.68. The number of rotatable bonds is 5. The van der Waals surface area contributed by atoms with Crippen LogP contribution >= 0.6 is 15.9 Å². The first-order chi connectivity index (χ1) is 9.63. The first kappa shape index (κ1) is 15.3. The van der Waals surface area contributed by atoms with Crippen molar-refractivity contribution >= 4 is 27.5 Å². The average molecular weight is 343 g/mol. The summed E-state index contributed by atoms with van der Waals surface area (Å²) in [5.41, 5.74) is 0.711. The molecule has 2 N–H and O–H groups in total. The van der Waals surface area contributed by atoms with Gasteiger partial charge >= 0.3 is 0 Å². The van der Waals surface area contributed by atoms with Gasteiger partial charge in [-0.05, 0) is 18.7 Å². The van der Waals surface area contributed by atoms with Gasteiger partial charge in [0.05, 0.1) is 26.2 Å². The van der Waals surface area contributed by atoms with Crippen molar-refractivity contribution in [3.63, 3.8) is 0 Å². The summed E-state index contributed by atoms with van der Waals surface area (Å²) in [5.74, 6) is 0.495. The van der Waals surface area contributed by atoms with Crippen LogP contribution in [0.2, 0.25) is 0 Å².